The number of rotatable bonds is 4. The van der Waals surface area contributed by atoms with Gasteiger partial charge in [-0.25, -0.2) is 18.8 Å². The Hall–Kier alpha value is -2.09. The molecule has 0 radical (unpaired) electrons. The van der Waals surface area contributed by atoms with Gasteiger partial charge >= 0.3 is 37.2 Å². The zero-order valence-electron chi connectivity index (χ0n) is 14.3. The van der Waals surface area contributed by atoms with Crippen LogP contribution >= 0.6 is 0 Å². The minimum atomic E-state index is -2.69. The number of hydrogen-bond acceptors (Lipinski definition) is 5. The van der Waals surface area contributed by atoms with Crippen LogP contribution in [-0.4, -0.2) is 63.9 Å². The second-order valence-electron chi connectivity index (χ2n) is 5.07. The largest absolute Gasteiger partial charge is 1.00 e. The molecule has 0 aromatic rings. The maximum absolute atomic E-state index is 13.2. The van der Waals surface area contributed by atoms with Gasteiger partial charge in [0.05, 0.1) is 12.6 Å². The number of nitrogens with one attached hydrogen (secondary N) is 2. The third kappa shape index (κ3) is 3.87. The maximum Gasteiger partial charge on any atom is 1.00 e. The molecule has 1 unspecified atom stereocenters. The van der Waals surface area contributed by atoms with Gasteiger partial charge in [-0.05, 0) is 12.5 Å². The number of fused-ring (bicyclic) bond motifs is 2. The van der Waals surface area contributed by atoms with E-state index in [0.717, 1.165) is 4.90 Å². The van der Waals surface area contributed by atoms with Crippen LogP contribution < -0.4 is 29.7 Å². The number of carbonyl (C=O) groups is 4. The number of carbonyl (C=O) groups excluding carboxylic acids is 3. The number of aliphatic carboxylic acids is 1. The van der Waals surface area contributed by atoms with Crippen molar-refractivity contribution in [2.45, 2.75) is 32.3 Å². The average molecular weight is 338 g/mol. The zero-order chi connectivity index (χ0) is 17.3. The molecule has 0 aromatic carbocycles. The molecule has 2 aliphatic rings. The molecule has 2 aliphatic heterocycles. The number of hydrazine groups is 1. The van der Waals surface area contributed by atoms with Crippen LogP contribution in [0.15, 0.2) is 11.6 Å². The molecule has 4 amide bonds. The number of carboxylic acid groups (broad SMARTS) is 1. The van der Waals surface area contributed by atoms with Crippen molar-refractivity contribution in [1.29, 1.82) is 0 Å². The topological polar surface area (TPSA) is 128 Å². The number of urea groups is 1. The summed E-state index contributed by atoms with van der Waals surface area (Å²) in [5.41, 5.74) is 4.75. The van der Waals surface area contributed by atoms with Crippen LogP contribution in [-0.2, 0) is 19.2 Å². The van der Waals surface area contributed by atoms with E-state index in [4.69, 9.17) is 5.11 Å². The van der Waals surface area contributed by atoms with E-state index in [0.29, 0.717) is 10.6 Å². The van der Waals surface area contributed by atoms with Gasteiger partial charge in [-0.1, -0.05) is 6.08 Å². The van der Waals surface area contributed by atoms with Crippen LogP contribution in [0, 0.1) is 0 Å². The Labute approximate surface area is 149 Å². The molecule has 3 N–H and O–H groups in total. The molecule has 2 rings (SSSR count). The summed E-state index contributed by atoms with van der Waals surface area (Å²) in [4.78, 5) is 51.2. The fourth-order valence-electron chi connectivity index (χ4n) is 2.43. The third-order valence-corrected chi connectivity index (χ3v) is 3.33. The molecule has 128 valence electrons. The molecule has 12 heteroatoms. The van der Waals surface area contributed by atoms with Crippen molar-refractivity contribution in [2.75, 3.05) is 6.54 Å². The molecule has 1 saturated heterocycles. The number of halogens is 1. The van der Waals surface area contributed by atoms with Crippen molar-refractivity contribution in [3.63, 3.8) is 0 Å². The van der Waals surface area contributed by atoms with Crippen molar-refractivity contribution >= 4 is 23.8 Å². The summed E-state index contributed by atoms with van der Waals surface area (Å²) in [5, 5.41) is 9.10. The molecule has 1 fully saturated rings. The van der Waals surface area contributed by atoms with Crippen molar-refractivity contribution < 1.29 is 53.8 Å². The second-order valence-corrected chi connectivity index (χ2v) is 5.07. The molecular weight excluding hydrogens is 322 g/mol. The van der Waals surface area contributed by atoms with Gasteiger partial charge in [-0.15, -0.1) is 0 Å². The number of amides is 4. The van der Waals surface area contributed by atoms with Crippen molar-refractivity contribution in [3.8, 4) is 0 Å². The van der Waals surface area contributed by atoms with Crippen molar-refractivity contribution in [3.05, 3.63) is 11.6 Å². The van der Waals surface area contributed by atoms with Gasteiger partial charge in [0.1, 0.15) is 6.04 Å². The van der Waals surface area contributed by atoms with E-state index in [-0.39, 0.29) is 26.8 Å². The standard InChI is InChI=1S/C12H15FN4O6.Li.H/c1-5-3-7-4-16(8(5)10(19)15-14-6(2)18)12(22)17(7)23-9(13)11(20)21;;/h3,7-9H,4H2,1-2H3,(H,14,18)(H,15,19)(H,20,21);;/q;+1;-1/t7-,8+,9?;;/m1../s1. The Kier molecular flexibility index (Phi) is 6.36. The normalized spacial score (nSPS) is 23.1. The van der Waals surface area contributed by atoms with Gasteiger partial charge in [-0.2, -0.15) is 5.06 Å². The van der Waals surface area contributed by atoms with E-state index in [2.05, 4.69) is 15.7 Å². The van der Waals surface area contributed by atoms with Crippen LogP contribution in [0.25, 0.3) is 0 Å². The summed E-state index contributed by atoms with van der Waals surface area (Å²) in [7, 11) is 0. The molecular formula is C12H16FLiN4O6. The summed E-state index contributed by atoms with van der Waals surface area (Å²) >= 11 is 0. The van der Waals surface area contributed by atoms with Gasteiger partial charge in [0.15, 0.2) is 0 Å². The monoisotopic (exact) mass is 338 g/mol. The first-order valence-electron chi connectivity index (χ1n) is 6.60. The van der Waals surface area contributed by atoms with Gasteiger partial charge < -0.3 is 11.4 Å². The number of carboxylic acids is 1. The zero-order valence-corrected chi connectivity index (χ0v) is 13.3. The van der Waals surface area contributed by atoms with Crippen molar-refractivity contribution in [2.24, 2.45) is 0 Å². The minimum absolute atomic E-state index is 0. The molecule has 0 aromatic heterocycles. The minimum Gasteiger partial charge on any atom is -1.00 e. The molecule has 3 atom stereocenters. The Morgan fingerprint density at radius 3 is 2.62 bits per heavy atom. The summed E-state index contributed by atoms with van der Waals surface area (Å²) in [6.07, 6.45) is -1.19. The fourth-order valence-corrected chi connectivity index (χ4v) is 2.43. The molecule has 0 aliphatic carbocycles. The van der Waals surface area contributed by atoms with Crippen LogP contribution in [0.5, 0.6) is 0 Å². The maximum atomic E-state index is 13.2. The van der Waals surface area contributed by atoms with Crippen LogP contribution in [0.3, 0.4) is 0 Å². The molecule has 24 heavy (non-hydrogen) atoms. The summed E-state index contributed by atoms with van der Waals surface area (Å²) in [6.45, 7) is 2.81. The van der Waals surface area contributed by atoms with E-state index in [1.807, 2.05) is 0 Å². The number of alkyl halides is 1. The predicted octanol–water partition coefficient (Wildman–Crippen LogP) is -3.98. The first-order valence-corrected chi connectivity index (χ1v) is 6.60. The van der Waals surface area contributed by atoms with Gasteiger partial charge in [0.25, 0.3) is 5.91 Å². The second kappa shape index (κ2) is 7.65. The Morgan fingerprint density at radius 1 is 1.46 bits per heavy atom. The molecule has 10 nitrogen and oxygen atoms in total. The summed E-state index contributed by atoms with van der Waals surface area (Å²) in [6, 6.07) is -2.55. The van der Waals surface area contributed by atoms with E-state index in [1.54, 1.807) is 6.92 Å². The molecule has 2 bridgehead atoms. The quantitative estimate of drug-likeness (QED) is 0.272. The first kappa shape index (κ1) is 20.0. The SMILES string of the molecule is CC(=O)NNC(=O)[C@@H]1C(C)=C[C@@H]2CN1C(=O)N2OC(F)C(=O)O.[H-].[Li+]. The van der Waals surface area contributed by atoms with Crippen LogP contribution in [0.2, 0.25) is 0 Å². The smallest absolute Gasteiger partial charge is 1.00 e. The van der Waals surface area contributed by atoms with Gasteiger partial charge in [0, 0.05) is 6.92 Å². The van der Waals surface area contributed by atoms with Crippen molar-refractivity contribution in [1.82, 2.24) is 20.8 Å². The predicted molar refractivity (Wildman–Crippen MR) is 72.0 cm³/mol. The van der Waals surface area contributed by atoms with E-state index in [1.165, 1.54) is 13.0 Å². The average Bonchev–Trinajstić information content (AvgIpc) is 2.70. The number of hydrogen-bond donors (Lipinski definition) is 3. The Balaban J connectivity index is 0.00000288. The molecule has 0 spiro atoms. The van der Waals surface area contributed by atoms with E-state index in [9.17, 15) is 23.6 Å². The van der Waals surface area contributed by atoms with Gasteiger partial charge in [-0.3, -0.25) is 20.4 Å². The van der Waals surface area contributed by atoms with E-state index >= 15 is 0 Å². The van der Waals surface area contributed by atoms with Crippen LogP contribution in [0.1, 0.15) is 15.3 Å². The fraction of sp³-hybridized carbons (Fsp3) is 0.500. The summed E-state index contributed by atoms with van der Waals surface area (Å²) in [5.74, 6) is -3.01. The van der Waals surface area contributed by atoms with Gasteiger partial charge in [0.2, 0.25) is 5.91 Å². The summed E-state index contributed by atoms with van der Waals surface area (Å²) < 4.78 is 13.2. The third-order valence-electron chi connectivity index (χ3n) is 3.33. The Bertz CT molecular complexity index is 606. The van der Waals surface area contributed by atoms with Crippen LogP contribution in [0.4, 0.5) is 9.18 Å². The Morgan fingerprint density at radius 2 is 2.08 bits per heavy atom. The molecule has 2 heterocycles. The number of hydroxylamine groups is 2. The van der Waals surface area contributed by atoms with E-state index < -0.39 is 42.3 Å². The first-order chi connectivity index (χ1) is 10.7. The number of nitrogens with zero attached hydrogens (tertiary/aromatic N) is 2. The molecule has 0 saturated carbocycles.